The molecule has 7 rings (SSSR count). The quantitative estimate of drug-likeness (QED) is 0.0878. The van der Waals surface area contributed by atoms with E-state index in [4.69, 9.17) is 33.2 Å². The van der Waals surface area contributed by atoms with Crippen molar-refractivity contribution in [3.05, 3.63) is 78.3 Å². The number of methoxy groups -OCH3 is 2. The minimum Gasteiger partial charge on any atom is -0.493 e. The summed E-state index contributed by atoms with van der Waals surface area (Å²) >= 11 is 0. The lowest BCUT2D eigenvalue weighted by Crippen LogP contribution is -2.54. The van der Waals surface area contributed by atoms with Gasteiger partial charge >= 0.3 is 18.0 Å². The van der Waals surface area contributed by atoms with Gasteiger partial charge in [0.1, 0.15) is 23.7 Å². The zero-order chi connectivity index (χ0) is 46.4. The molecule has 3 aliphatic heterocycles. The van der Waals surface area contributed by atoms with Crippen molar-refractivity contribution in [2.45, 2.75) is 63.5 Å². The fourth-order valence-corrected chi connectivity index (χ4v) is 7.97. The van der Waals surface area contributed by atoms with E-state index in [0.29, 0.717) is 31.7 Å². The summed E-state index contributed by atoms with van der Waals surface area (Å²) in [5.74, 6) is -2.07. The van der Waals surface area contributed by atoms with E-state index in [1.54, 1.807) is 44.4 Å². The van der Waals surface area contributed by atoms with Crippen molar-refractivity contribution in [3.63, 3.8) is 0 Å². The van der Waals surface area contributed by atoms with E-state index in [2.05, 4.69) is 22.2 Å². The summed E-state index contributed by atoms with van der Waals surface area (Å²) in [5.41, 5.74) is 1.17. The van der Waals surface area contributed by atoms with Crippen LogP contribution in [0.15, 0.2) is 55.5 Å². The Morgan fingerprint density at radius 1 is 0.908 bits per heavy atom. The van der Waals surface area contributed by atoms with Crippen LogP contribution in [0.2, 0.25) is 0 Å². The van der Waals surface area contributed by atoms with Crippen LogP contribution in [0.1, 0.15) is 86.9 Å². The molecule has 4 aromatic rings. The number of ether oxygens (including phenoxy) is 7. The second kappa shape index (κ2) is 20.1. The Bertz CT molecular complexity index is 2470. The van der Waals surface area contributed by atoms with E-state index in [1.807, 2.05) is 0 Å². The van der Waals surface area contributed by atoms with Crippen molar-refractivity contribution in [1.82, 2.24) is 23.6 Å². The Morgan fingerprint density at radius 3 is 2.45 bits per heavy atom. The van der Waals surface area contributed by atoms with Gasteiger partial charge in [0, 0.05) is 71.4 Å². The molecule has 2 saturated heterocycles. The number of nitrogens with zero attached hydrogens (tertiary/aromatic N) is 6. The number of benzene rings is 1. The maximum absolute atomic E-state index is 14.1. The molecule has 0 aliphatic carbocycles. The van der Waals surface area contributed by atoms with Crippen molar-refractivity contribution in [2.75, 3.05) is 56.1 Å². The SMILES string of the molecule is C=CCOC(=O)N1c2cc(OCCCC(=O)Nc3cc(C(=O)Nc4cn(C)c(C(=O)Oc5cc(C(=O)OC)n(C)c5)n4)n(C)c3)c(OC)cc2C(=O)N2CCC[C@H]2C1OC1CCCCO1. The lowest BCUT2D eigenvalue weighted by atomic mass is 10.1. The standard InChI is InChI=1S/C44H52N8O13/c1-7-16-63-44(58)52-30-22-34(33(59-5)21-28(30)40(55)51-15-10-12-29(51)41(52)65-37-14-8-9-17-62-37)61-18-11-13-36(53)45-26-19-31(48(2)23-26)39(54)47-35-25-50(4)38(46-35)43(57)64-27-20-32(42(56)60-6)49(3)24-27/h7,19-25,29,37,41H,1,8-18H2,2-6H3,(H,45,53)(H,47,54)/t29-,37?,41?/m0/s1. The van der Waals surface area contributed by atoms with Crippen LogP contribution in [0.25, 0.3) is 0 Å². The molecule has 346 valence electrons. The summed E-state index contributed by atoms with van der Waals surface area (Å²) in [6.07, 6.45) is 7.76. The molecule has 65 heavy (non-hydrogen) atoms. The number of nitrogens with one attached hydrogen (secondary N) is 2. The van der Waals surface area contributed by atoms with Crippen LogP contribution in [0.5, 0.6) is 17.2 Å². The number of imidazole rings is 1. The van der Waals surface area contributed by atoms with Crippen LogP contribution in [0, 0.1) is 0 Å². The van der Waals surface area contributed by atoms with Crippen molar-refractivity contribution in [2.24, 2.45) is 21.1 Å². The van der Waals surface area contributed by atoms with Crippen molar-refractivity contribution >= 4 is 52.9 Å². The minimum absolute atomic E-state index is 0.0376. The van der Waals surface area contributed by atoms with Gasteiger partial charge in [0.25, 0.3) is 11.8 Å². The van der Waals surface area contributed by atoms with Crippen LogP contribution < -0.4 is 29.7 Å². The van der Waals surface area contributed by atoms with E-state index < -0.39 is 42.5 Å². The zero-order valence-electron chi connectivity index (χ0n) is 36.8. The van der Waals surface area contributed by atoms with Gasteiger partial charge in [-0.3, -0.25) is 14.4 Å². The highest BCUT2D eigenvalue weighted by Gasteiger charge is 2.48. The number of aryl methyl sites for hydroxylation is 3. The summed E-state index contributed by atoms with van der Waals surface area (Å²) in [4.78, 5) is 86.5. The topological polar surface area (TPSA) is 225 Å². The number of hydrogen-bond acceptors (Lipinski definition) is 14. The van der Waals surface area contributed by atoms with Gasteiger partial charge in [-0.2, -0.15) is 0 Å². The summed E-state index contributed by atoms with van der Waals surface area (Å²) < 4.78 is 44.3. The summed E-state index contributed by atoms with van der Waals surface area (Å²) in [6, 6.07) is 5.49. The fraction of sp³-hybridized carbons (Fsp3) is 0.432. The second-order valence-corrected chi connectivity index (χ2v) is 15.6. The van der Waals surface area contributed by atoms with Gasteiger partial charge in [0.15, 0.2) is 29.8 Å². The summed E-state index contributed by atoms with van der Waals surface area (Å²) in [7, 11) is 7.47. The molecule has 3 atom stereocenters. The normalized spacial score (nSPS) is 17.9. The Labute approximate surface area is 374 Å². The molecule has 0 radical (unpaired) electrons. The Hall–Kier alpha value is -7.13. The number of aromatic nitrogens is 4. The fourth-order valence-electron chi connectivity index (χ4n) is 7.97. The Balaban J connectivity index is 0.976. The third-order valence-electron chi connectivity index (χ3n) is 11.1. The number of esters is 2. The number of amides is 4. The Kier molecular flexibility index (Phi) is 14.2. The van der Waals surface area contributed by atoms with E-state index in [1.165, 1.54) is 63.4 Å². The van der Waals surface area contributed by atoms with E-state index in [9.17, 15) is 28.8 Å². The molecule has 3 aliphatic rings. The predicted molar refractivity (Wildman–Crippen MR) is 231 cm³/mol. The van der Waals surface area contributed by atoms with E-state index in [-0.39, 0.29) is 89.4 Å². The molecule has 6 heterocycles. The van der Waals surface area contributed by atoms with E-state index in [0.717, 1.165) is 19.3 Å². The first-order chi connectivity index (χ1) is 31.3. The van der Waals surface area contributed by atoms with Gasteiger partial charge in [0.05, 0.1) is 43.8 Å². The van der Waals surface area contributed by atoms with Crippen LogP contribution in [0.4, 0.5) is 22.0 Å². The molecule has 4 amide bonds. The zero-order valence-corrected chi connectivity index (χ0v) is 36.8. The molecule has 2 unspecified atom stereocenters. The predicted octanol–water partition coefficient (Wildman–Crippen LogP) is 4.78. The third kappa shape index (κ3) is 10.2. The highest BCUT2D eigenvalue weighted by atomic mass is 16.7. The van der Waals surface area contributed by atoms with Gasteiger partial charge in [-0.05, 0) is 50.7 Å². The second-order valence-electron chi connectivity index (χ2n) is 15.6. The van der Waals surface area contributed by atoms with Crippen molar-refractivity contribution in [3.8, 4) is 17.2 Å². The van der Waals surface area contributed by atoms with Crippen LogP contribution in [-0.4, -0.2) is 118 Å². The first-order valence-corrected chi connectivity index (χ1v) is 21.1. The number of rotatable bonds is 16. The van der Waals surface area contributed by atoms with Gasteiger partial charge in [-0.25, -0.2) is 24.3 Å². The molecular weight excluding hydrogens is 849 g/mol. The molecule has 21 nitrogen and oxygen atoms in total. The minimum atomic E-state index is -0.914. The van der Waals surface area contributed by atoms with Crippen LogP contribution >= 0.6 is 0 Å². The van der Waals surface area contributed by atoms with Gasteiger partial charge in [-0.15, -0.1) is 0 Å². The number of anilines is 3. The number of fused-ring (bicyclic) bond motifs is 2. The molecule has 3 aromatic heterocycles. The highest BCUT2D eigenvalue weighted by molar-refractivity contribution is 6.06. The largest absolute Gasteiger partial charge is 0.493 e. The first-order valence-electron chi connectivity index (χ1n) is 21.1. The summed E-state index contributed by atoms with van der Waals surface area (Å²) in [6.45, 7) is 4.67. The molecule has 21 heteroatoms. The monoisotopic (exact) mass is 900 g/mol. The molecule has 2 fully saturated rings. The van der Waals surface area contributed by atoms with Gasteiger partial charge < -0.3 is 62.4 Å². The molecule has 0 saturated carbocycles. The Morgan fingerprint density at radius 2 is 1.71 bits per heavy atom. The molecule has 0 bridgehead atoms. The van der Waals surface area contributed by atoms with Crippen LogP contribution in [0.3, 0.4) is 0 Å². The van der Waals surface area contributed by atoms with E-state index >= 15 is 0 Å². The van der Waals surface area contributed by atoms with Gasteiger partial charge in [-0.1, -0.05) is 12.7 Å². The lowest BCUT2D eigenvalue weighted by Gasteiger charge is -2.38. The van der Waals surface area contributed by atoms with Crippen molar-refractivity contribution < 1.29 is 61.9 Å². The molecule has 0 spiro atoms. The maximum atomic E-state index is 14.1. The molecular formula is C44H52N8O13. The number of carbonyl (C=O) groups excluding carboxylic acids is 6. The number of carbonyl (C=O) groups is 6. The van der Waals surface area contributed by atoms with Gasteiger partial charge in [0.2, 0.25) is 11.7 Å². The lowest BCUT2D eigenvalue weighted by molar-refractivity contribution is -0.195. The summed E-state index contributed by atoms with van der Waals surface area (Å²) in [5, 5.41) is 5.44. The third-order valence-corrected chi connectivity index (χ3v) is 11.1. The molecule has 1 aromatic carbocycles. The highest BCUT2D eigenvalue weighted by Crippen LogP contribution is 2.42. The first kappa shape index (κ1) is 45.9. The van der Waals surface area contributed by atoms with Crippen molar-refractivity contribution in [1.29, 1.82) is 0 Å². The molecule has 2 N–H and O–H groups in total. The number of hydrogen-bond donors (Lipinski definition) is 2. The smallest absolute Gasteiger partial charge is 0.416 e. The average molecular weight is 901 g/mol. The average Bonchev–Trinajstić information content (AvgIpc) is 4.09. The van der Waals surface area contributed by atoms with Crippen LogP contribution in [-0.2, 0) is 44.9 Å². The maximum Gasteiger partial charge on any atom is 0.416 e.